The Kier molecular flexibility index (Phi) is 4.27. The van der Waals surface area contributed by atoms with Crippen molar-refractivity contribution in [1.29, 1.82) is 5.26 Å². The van der Waals surface area contributed by atoms with Crippen LogP contribution in [0.1, 0.15) is 22.8 Å². The van der Waals surface area contributed by atoms with E-state index < -0.39 is 4.92 Å². The van der Waals surface area contributed by atoms with Crippen LogP contribution in [0.3, 0.4) is 0 Å². The number of ketones is 1. The van der Waals surface area contributed by atoms with E-state index in [9.17, 15) is 20.2 Å². The predicted octanol–water partition coefficient (Wildman–Crippen LogP) is 1.87. The van der Waals surface area contributed by atoms with Crippen LogP contribution < -0.4 is 9.47 Å². The van der Waals surface area contributed by atoms with Crippen molar-refractivity contribution in [2.45, 2.75) is 6.92 Å². The first kappa shape index (κ1) is 16.0. The summed E-state index contributed by atoms with van der Waals surface area (Å²) in [6.07, 6.45) is 2.38. The Hall–Kier alpha value is -3.41. The molecule has 0 spiro atoms. The molecule has 1 aromatic carbocycles. The number of rotatable bonds is 5. The largest absolute Gasteiger partial charge is 0.492 e. The van der Waals surface area contributed by atoms with Gasteiger partial charge < -0.3 is 19.6 Å². The third-order valence-corrected chi connectivity index (χ3v) is 3.13. The van der Waals surface area contributed by atoms with Crippen LogP contribution in [-0.4, -0.2) is 34.5 Å². The van der Waals surface area contributed by atoms with Gasteiger partial charge in [0.05, 0.1) is 31.0 Å². The number of nitriles is 1. The minimum absolute atomic E-state index is 0.0708. The highest BCUT2D eigenvalue weighted by molar-refractivity contribution is 6.01. The number of hydrogen-bond donors (Lipinski definition) is 0. The first-order valence-electron chi connectivity index (χ1n) is 6.33. The fraction of sp³-hybridized carbons (Fsp3) is 0.214. The van der Waals surface area contributed by atoms with Crippen LogP contribution in [0, 0.1) is 21.4 Å². The van der Waals surface area contributed by atoms with Crippen molar-refractivity contribution in [1.82, 2.24) is 9.55 Å². The van der Waals surface area contributed by atoms with Gasteiger partial charge in [0.1, 0.15) is 12.3 Å². The number of benzene rings is 1. The molecule has 23 heavy (non-hydrogen) atoms. The summed E-state index contributed by atoms with van der Waals surface area (Å²) in [6, 6.07) is 3.31. The second-order valence-electron chi connectivity index (χ2n) is 4.45. The molecule has 1 aromatic heterocycles. The average Bonchev–Trinajstić information content (AvgIpc) is 3.02. The van der Waals surface area contributed by atoms with E-state index in [0.29, 0.717) is 5.69 Å². The Morgan fingerprint density at radius 1 is 1.39 bits per heavy atom. The fourth-order valence-electron chi connectivity index (χ4n) is 2.19. The number of aromatic nitrogens is 2. The SMILES string of the molecule is COc1c(-n2cnc([N+](=O)[O-])c2)cc(C#N)c(C(C)=O)c1OC. The molecule has 0 aliphatic rings. The second-order valence-corrected chi connectivity index (χ2v) is 4.45. The molecule has 118 valence electrons. The molecule has 2 rings (SSSR count). The van der Waals surface area contributed by atoms with Gasteiger partial charge in [-0.3, -0.25) is 9.36 Å². The number of carbonyl (C=O) groups excluding carboxylic acids is 1. The normalized spacial score (nSPS) is 10.0. The van der Waals surface area contributed by atoms with Crippen LogP contribution in [0.5, 0.6) is 11.5 Å². The Bertz CT molecular complexity index is 834. The third-order valence-electron chi connectivity index (χ3n) is 3.13. The van der Waals surface area contributed by atoms with E-state index in [1.54, 1.807) is 0 Å². The molecule has 0 saturated carbocycles. The monoisotopic (exact) mass is 316 g/mol. The summed E-state index contributed by atoms with van der Waals surface area (Å²) < 4.78 is 11.8. The Morgan fingerprint density at radius 2 is 2.04 bits per heavy atom. The summed E-state index contributed by atoms with van der Waals surface area (Å²) in [5, 5.41) is 20.1. The maximum Gasteiger partial charge on any atom is 0.381 e. The molecule has 0 radical (unpaired) electrons. The molecule has 1 heterocycles. The van der Waals surface area contributed by atoms with Gasteiger partial charge in [0, 0.05) is 0 Å². The minimum Gasteiger partial charge on any atom is -0.492 e. The van der Waals surface area contributed by atoms with Crippen molar-refractivity contribution in [3.63, 3.8) is 0 Å². The lowest BCUT2D eigenvalue weighted by atomic mass is 10.0. The van der Waals surface area contributed by atoms with Gasteiger partial charge in [-0.25, -0.2) is 0 Å². The number of nitro groups is 1. The number of hydrogen-bond acceptors (Lipinski definition) is 7. The zero-order valence-electron chi connectivity index (χ0n) is 12.6. The average molecular weight is 316 g/mol. The van der Waals surface area contributed by atoms with E-state index in [2.05, 4.69) is 4.98 Å². The summed E-state index contributed by atoms with van der Waals surface area (Å²) in [6.45, 7) is 1.31. The predicted molar refractivity (Wildman–Crippen MR) is 78.0 cm³/mol. The van der Waals surface area contributed by atoms with E-state index in [1.165, 1.54) is 44.3 Å². The molecule has 9 heteroatoms. The van der Waals surface area contributed by atoms with Gasteiger partial charge in [-0.1, -0.05) is 0 Å². The molecule has 0 aliphatic heterocycles. The number of ether oxygens (including phenoxy) is 2. The van der Waals surface area contributed by atoms with Gasteiger partial charge in [0.15, 0.2) is 17.3 Å². The third kappa shape index (κ3) is 2.69. The van der Waals surface area contributed by atoms with Crippen molar-refractivity contribution in [3.05, 3.63) is 39.8 Å². The molecular formula is C14H12N4O5. The minimum atomic E-state index is -0.644. The van der Waals surface area contributed by atoms with E-state index >= 15 is 0 Å². The molecule has 0 atom stereocenters. The molecule has 9 nitrogen and oxygen atoms in total. The molecule has 0 fully saturated rings. The van der Waals surface area contributed by atoms with E-state index in [0.717, 1.165) is 0 Å². The lowest BCUT2D eigenvalue weighted by Crippen LogP contribution is -2.07. The highest BCUT2D eigenvalue weighted by Gasteiger charge is 2.25. The molecule has 0 aliphatic carbocycles. The standard InChI is InChI=1S/C14H12N4O5/c1-8(19)12-9(5-15)4-10(13(22-2)14(12)23-3)17-6-11(16-7-17)18(20)21/h4,6-7H,1-3H3. The van der Waals surface area contributed by atoms with Gasteiger partial charge in [-0.05, 0) is 22.9 Å². The van der Waals surface area contributed by atoms with Crippen molar-refractivity contribution >= 4 is 11.6 Å². The van der Waals surface area contributed by atoms with Gasteiger partial charge >= 0.3 is 5.82 Å². The first-order chi connectivity index (χ1) is 10.9. The molecule has 2 aromatic rings. The zero-order chi connectivity index (χ0) is 17.1. The van der Waals surface area contributed by atoms with Gasteiger partial charge in [0.2, 0.25) is 6.33 Å². The van der Waals surface area contributed by atoms with Gasteiger partial charge in [-0.15, -0.1) is 0 Å². The molecule has 0 bridgehead atoms. The lowest BCUT2D eigenvalue weighted by Gasteiger charge is -2.16. The summed E-state index contributed by atoms with van der Waals surface area (Å²) in [4.78, 5) is 25.6. The van der Waals surface area contributed by atoms with Crippen molar-refractivity contribution < 1.29 is 19.2 Å². The smallest absolute Gasteiger partial charge is 0.381 e. The van der Waals surface area contributed by atoms with E-state index in [1.807, 2.05) is 6.07 Å². The van der Waals surface area contributed by atoms with Crippen LogP contribution in [0.15, 0.2) is 18.6 Å². The number of imidazole rings is 1. The second kappa shape index (κ2) is 6.15. The van der Waals surface area contributed by atoms with Crippen molar-refractivity contribution in [2.24, 2.45) is 0 Å². The van der Waals surface area contributed by atoms with Crippen LogP contribution in [0.4, 0.5) is 5.82 Å². The van der Waals surface area contributed by atoms with Gasteiger partial charge in [-0.2, -0.15) is 5.26 Å². The van der Waals surface area contributed by atoms with E-state index in [4.69, 9.17) is 9.47 Å². The number of nitrogens with zero attached hydrogens (tertiary/aromatic N) is 4. The lowest BCUT2D eigenvalue weighted by molar-refractivity contribution is -0.389. The summed E-state index contributed by atoms with van der Waals surface area (Å²) in [5.41, 5.74) is 0.457. The quantitative estimate of drug-likeness (QED) is 0.469. The zero-order valence-corrected chi connectivity index (χ0v) is 12.6. The summed E-state index contributed by atoms with van der Waals surface area (Å²) >= 11 is 0. The molecule has 0 unspecified atom stereocenters. The fourth-order valence-corrected chi connectivity index (χ4v) is 2.19. The summed E-state index contributed by atoms with van der Waals surface area (Å²) in [5.74, 6) is -0.463. The van der Waals surface area contributed by atoms with Crippen LogP contribution in [0.25, 0.3) is 5.69 Å². The molecular weight excluding hydrogens is 304 g/mol. The number of carbonyl (C=O) groups is 1. The maximum absolute atomic E-state index is 11.8. The molecule has 0 saturated heterocycles. The molecule has 0 N–H and O–H groups in total. The Labute approximate surface area is 130 Å². The Balaban J connectivity index is 2.80. The number of methoxy groups -OCH3 is 2. The van der Waals surface area contributed by atoms with Crippen LogP contribution in [0.2, 0.25) is 0 Å². The highest BCUT2D eigenvalue weighted by atomic mass is 16.6. The highest BCUT2D eigenvalue weighted by Crippen LogP contribution is 2.39. The van der Waals surface area contributed by atoms with Crippen molar-refractivity contribution in [2.75, 3.05) is 14.2 Å². The van der Waals surface area contributed by atoms with E-state index in [-0.39, 0.29) is 34.2 Å². The van der Waals surface area contributed by atoms with Crippen molar-refractivity contribution in [3.8, 4) is 23.3 Å². The van der Waals surface area contributed by atoms with Crippen LogP contribution >= 0.6 is 0 Å². The summed E-state index contributed by atoms with van der Waals surface area (Å²) in [7, 11) is 2.70. The maximum atomic E-state index is 11.8. The van der Waals surface area contributed by atoms with Gasteiger partial charge in [0.25, 0.3) is 0 Å². The number of Topliss-reactive ketones (excluding diaryl/α,β-unsaturated/α-hetero) is 1. The Morgan fingerprint density at radius 3 is 2.48 bits per heavy atom. The first-order valence-corrected chi connectivity index (χ1v) is 6.33. The topological polar surface area (TPSA) is 120 Å². The van der Waals surface area contributed by atoms with Crippen LogP contribution in [-0.2, 0) is 0 Å². The molecule has 0 amide bonds.